The number of benzene rings is 2. The van der Waals surface area contributed by atoms with E-state index >= 15 is 0 Å². The van der Waals surface area contributed by atoms with Crippen LogP contribution in [0.3, 0.4) is 0 Å². The minimum absolute atomic E-state index is 0.135. The lowest BCUT2D eigenvalue weighted by atomic mass is 10.0. The third-order valence-electron chi connectivity index (χ3n) is 5.09. The number of carbonyl (C=O) groups is 1. The van der Waals surface area contributed by atoms with E-state index in [1.165, 1.54) is 0 Å². The molecule has 162 valence electrons. The van der Waals surface area contributed by atoms with E-state index in [1.54, 1.807) is 27.9 Å². The zero-order valence-electron chi connectivity index (χ0n) is 16.9. The highest BCUT2D eigenvalue weighted by atomic mass is 35.5. The number of aliphatic hydroxyl groups is 1. The summed E-state index contributed by atoms with van der Waals surface area (Å²) < 4.78 is 6.91. The second-order valence-corrected chi connectivity index (χ2v) is 8.09. The fourth-order valence-corrected chi connectivity index (χ4v) is 3.98. The Morgan fingerprint density at radius 3 is 2.52 bits per heavy atom. The van der Waals surface area contributed by atoms with Crippen molar-refractivity contribution in [2.75, 3.05) is 26.3 Å². The number of halogens is 2. The quantitative estimate of drug-likeness (QED) is 0.607. The predicted molar refractivity (Wildman–Crippen MR) is 120 cm³/mol. The largest absolute Gasteiger partial charge is 0.392 e. The molecule has 0 radical (unpaired) electrons. The van der Waals surface area contributed by atoms with E-state index < -0.39 is 5.91 Å². The van der Waals surface area contributed by atoms with Crippen LogP contribution in [0.4, 0.5) is 0 Å². The van der Waals surface area contributed by atoms with Crippen molar-refractivity contribution in [2.24, 2.45) is 0 Å². The third-order valence-corrected chi connectivity index (χ3v) is 5.63. The van der Waals surface area contributed by atoms with E-state index in [0.29, 0.717) is 53.3 Å². The Kier molecular flexibility index (Phi) is 6.60. The molecule has 9 heteroatoms. The number of hydrogen-bond donors (Lipinski definition) is 2. The maximum absolute atomic E-state index is 13.1. The van der Waals surface area contributed by atoms with Gasteiger partial charge in [0.05, 0.1) is 36.2 Å². The molecule has 31 heavy (non-hydrogen) atoms. The molecule has 0 unspecified atom stereocenters. The fraction of sp³-hybridized carbons (Fsp3) is 0.273. The van der Waals surface area contributed by atoms with E-state index in [9.17, 15) is 9.90 Å². The first-order valence-electron chi connectivity index (χ1n) is 9.87. The van der Waals surface area contributed by atoms with Crippen molar-refractivity contribution in [1.82, 2.24) is 20.2 Å². The fourth-order valence-electron chi connectivity index (χ4n) is 3.49. The van der Waals surface area contributed by atoms with Crippen molar-refractivity contribution in [1.29, 1.82) is 0 Å². The van der Waals surface area contributed by atoms with Crippen LogP contribution in [0.25, 0.3) is 16.9 Å². The monoisotopic (exact) mass is 460 g/mol. The van der Waals surface area contributed by atoms with Crippen LogP contribution in [0.5, 0.6) is 0 Å². The van der Waals surface area contributed by atoms with Gasteiger partial charge in [-0.1, -0.05) is 53.0 Å². The number of morpholine rings is 1. The lowest BCUT2D eigenvalue weighted by molar-refractivity contribution is 0.0124. The predicted octanol–water partition coefficient (Wildman–Crippen LogP) is 3.62. The molecule has 1 fully saturated rings. The first-order valence-corrected chi connectivity index (χ1v) is 10.6. The molecule has 3 aromatic rings. The van der Waals surface area contributed by atoms with Crippen molar-refractivity contribution in [3.63, 3.8) is 0 Å². The maximum Gasteiger partial charge on any atom is 0.286 e. The highest BCUT2D eigenvalue weighted by molar-refractivity contribution is 6.35. The molecule has 0 saturated carbocycles. The van der Waals surface area contributed by atoms with Gasteiger partial charge in [0, 0.05) is 29.2 Å². The second kappa shape index (κ2) is 9.38. The van der Waals surface area contributed by atoms with E-state index in [0.717, 1.165) is 11.1 Å². The molecule has 2 N–H and O–H groups in total. The molecule has 2 aromatic carbocycles. The number of aromatic nitrogens is 2. The summed E-state index contributed by atoms with van der Waals surface area (Å²) >= 11 is 12.5. The number of hydrogen-bond acceptors (Lipinski definition) is 5. The highest BCUT2D eigenvalue weighted by Crippen LogP contribution is 2.33. The number of aliphatic hydroxyl groups excluding tert-OH is 1. The van der Waals surface area contributed by atoms with Crippen molar-refractivity contribution < 1.29 is 14.6 Å². The van der Waals surface area contributed by atoms with Gasteiger partial charge in [0.2, 0.25) is 0 Å². The van der Waals surface area contributed by atoms with Crippen molar-refractivity contribution in [3.8, 4) is 16.9 Å². The number of rotatable bonds is 5. The molecule has 1 amide bonds. The summed E-state index contributed by atoms with van der Waals surface area (Å²) in [6.45, 7) is 3.86. The van der Waals surface area contributed by atoms with Crippen LogP contribution in [0.1, 0.15) is 21.6 Å². The Morgan fingerprint density at radius 1 is 1.16 bits per heavy atom. The average molecular weight is 461 g/mol. The topological polar surface area (TPSA) is 79.6 Å². The number of hydrazine groups is 1. The number of nitrogens with one attached hydrogen (secondary N) is 1. The third kappa shape index (κ3) is 4.61. The molecule has 1 saturated heterocycles. The van der Waals surface area contributed by atoms with Gasteiger partial charge in [-0.15, -0.1) is 0 Å². The lowest BCUT2D eigenvalue weighted by Crippen LogP contribution is -2.48. The van der Waals surface area contributed by atoms with Crippen LogP contribution in [-0.4, -0.2) is 52.1 Å². The summed E-state index contributed by atoms with van der Waals surface area (Å²) in [7, 11) is 0. The Labute approximate surface area is 190 Å². The molecule has 0 spiro atoms. The minimum Gasteiger partial charge on any atom is -0.392 e. The highest BCUT2D eigenvalue weighted by Gasteiger charge is 2.26. The number of ether oxygens (including phenoxy) is 1. The van der Waals surface area contributed by atoms with Gasteiger partial charge in [-0.3, -0.25) is 10.2 Å². The van der Waals surface area contributed by atoms with Crippen LogP contribution in [0, 0.1) is 6.92 Å². The van der Waals surface area contributed by atoms with Crippen LogP contribution in [0.2, 0.25) is 10.0 Å². The van der Waals surface area contributed by atoms with Gasteiger partial charge in [0.25, 0.3) is 5.91 Å². The van der Waals surface area contributed by atoms with Crippen LogP contribution >= 0.6 is 23.2 Å². The van der Waals surface area contributed by atoms with Gasteiger partial charge in [-0.05, 0) is 25.1 Å². The molecule has 0 aliphatic carbocycles. The smallest absolute Gasteiger partial charge is 0.286 e. The summed E-state index contributed by atoms with van der Waals surface area (Å²) in [4.78, 5) is 13.1. The maximum atomic E-state index is 13.1. The Hall–Kier alpha value is -2.42. The van der Waals surface area contributed by atoms with Crippen LogP contribution < -0.4 is 5.43 Å². The average Bonchev–Trinajstić information content (AvgIpc) is 3.14. The second-order valence-electron chi connectivity index (χ2n) is 7.25. The standard InChI is InChI=1S/C22H22Cl2N4O3/c1-14-2-4-15(5-3-14)21-17(13-29)20(22(30)26-27-8-10-31-11-9-27)25-28(21)19-7-6-16(23)12-18(19)24/h2-7,12,29H,8-11,13H2,1H3,(H,26,30). The van der Waals surface area contributed by atoms with E-state index in [2.05, 4.69) is 10.5 Å². The number of amides is 1. The molecule has 4 rings (SSSR count). The first-order chi connectivity index (χ1) is 15.0. The molecule has 0 atom stereocenters. The minimum atomic E-state index is -0.400. The van der Waals surface area contributed by atoms with Gasteiger partial charge in [0.1, 0.15) is 0 Å². The van der Waals surface area contributed by atoms with Gasteiger partial charge in [-0.2, -0.15) is 5.10 Å². The molecule has 1 aliphatic rings. The Balaban J connectivity index is 1.84. The molecular formula is C22H22Cl2N4O3. The number of aryl methyl sites for hydroxylation is 1. The summed E-state index contributed by atoms with van der Waals surface area (Å²) in [6.07, 6.45) is 0. The summed E-state index contributed by atoms with van der Waals surface area (Å²) in [5, 5.41) is 17.4. The number of nitrogens with zero attached hydrogens (tertiary/aromatic N) is 3. The molecule has 2 heterocycles. The van der Waals surface area contributed by atoms with Crippen molar-refractivity contribution in [3.05, 3.63) is 69.3 Å². The molecule has 1 aromatic heterocycles. The van der Waals surface area contributed by atoms with Crippen molar-refractivity contribution in [2.45, 2.75) is 13.5 Å². The van der Waals surface area contributed by atoms with E-state index in [-0.39, 0.29) is 12.3 Å². The zero-order valence-corrected chi connectivity index (χ0v) is 18.5. The normalized spacial score (nSPS) is 14.6. The summed E-state index contributed by atoms with van der Waals surface area (Å²) in [5.74, 6) is -0.400. The summed E-state index contributed by atoms with van der Waals surface area (Å²) in [6, 6.07) is 12.8. The van der Waals surface area contributed by atoms with Gasteiger partial charge < -0.3 is 9.84 Å². The van der Waals surface area contributed by atoms with E-state index in [1.807, 2.05) is 31.2 Å². The SMILES string of the molecule is Cc1ccc(-c2c(CO)c(C(=O)NN3CCOCC3)nn2-c2ccc(Cl)cc2Cl)cc1. The Morgan fingerprint density at radius 2 is 1.87 bits per heavy atom. The van der Waals surface area contributed by atoms with Gasteiger partial charge >= 0.3 is 0 Å². The molecule has 0 bridgehead atoms. The van der Waals surface area contributed by atoms with Crippen LogP contribution in [0.15, 0.2) is 42.5 Å². The Bertz CT molecular complexity index is 1090. The molecule has 1 aliphatic heterocycles. The van der Waals surface area contributed by atoms with Gasteiger partial charge in [0.15, 0.2) is 5.69 Å². The van der Waals surface area contributed by atoms with E-state index in [4.69, 9.17) is 27.9 Å². The first kappa shape index (κ1) is 21.8. The summed E-state index contributed by atoms with van der Waals surface area (Å²) in [5.41, 5.74) is 6.46. The van der Waals surface area contributed by atoms with Gasteiger partial charge in [-0.25, -0.2) is 9.69 Å². The molecule has 7 nitrogen and oxygen atoms in total. The lowest BCUT2D eigenvalue weighted by Gasteiger charge is -2.26. The molecular weight excluding hydrogens is 439 g/mol. The van der Waals surface area contributed by atoms with Crippen molar-refractivity contribution >= 4 is 29.1 Å². The van der Waals surface area contributed by atoms with Crippen LogP contribution in [-0.2, 0) is 11.3 Å². The zero-order chi connectivity index (χ0) is 22.0. The number of carbonyl (C=O) groups excluding carboxylic acids is 1.